The average Bonchev–Trinajstić information content (AvgIpc) is 2.16. The van der Waals surface area contributed by atoms with E-state index in [-0.39, 0.29) is 0 Å². The number of hydrogen-bond acceptors (Lipinski definition) is 3. The van der Waals surface area contributed by atoms with Gasteiger partial charge in [0, 0.05) is 19.2 Å². The van der Waals surface area contributed by atoms with Crippen LogP contribution < -0.4 is 11.1 Å². The molecule has 88 valence electrons. The van der Waals surface area contributed by atoms with Gasteiger partial charge in [-0.3, -0.25) is 0 Å². The Balaban J connectivity index is 1.58. The van der Waals surface area contributed by atoms with Crippen molar-refractivity contribution in [2.45, 2.75) is 56.7 Å². The van der Waals surface area contributed by atoms with E-state index in [4.69, 9.17) is 10.5 Å². The van der Waals surface area contributed by atoms with Gasteiger partial charge in [-0.15, -0.1) is 0 Å². The van der Waals surface area contributed by atoms with Gasteiger partial charge in [0.05, 0.1) is 6.10 Å². The minimum absolute atomic E-state index is 0.457. The first-order chi connectivity index (χ1) is 7.28. The van der Waals surface area contributed by atoms with Crippen molar-refractivity contribution in [1.29, 1.82) is 0 Å². The van der Waals surface area contributed by atoms with Gasteiger partial charge in [0.2, 0.25) is 0 Å². The molecule has 0 aliphatic heterocycles. The predicted octanol–water partition coefficient (Wildman–Crippen LogP) is 1.27. The summed E-state index contributed by atoms with van der Waals surface area (Å²) >= 11 is 0. The Morgan fingerprint density at radius 1 is 1.27 bits per heavy atom. The first kappa shape index (κ1) is 11.4. The summed E-state index contributed by atoms with van der Waals surface area (Å²) in [5.41, 5.74) is 5.97. The summed E-state index contributed by atoms with van der Waals surface area (Å²) in [6.45, 7) is 1.16. The van der Waals surface area contributed by atoms with Crippen molar-refractivity contribution in [1.82, 2.24) is 5.32 Å². The van der Waals surface area contributed by atoms with Gasteiger partial charge in [0.25, 0.3) is 0 Å². The molecule has 15 heavy (non-hydrogen) atoms. The quantitative estimate of drug-likeness (QED) is 0.738. The first-order valence-electron chi connectivity index (χ1n) is 6.29. The molecular weight excluding hydrogens is 188 g/mol. The van der Waals surface area contributed by atoms with E-state index in [0.717, 1.165) is 12.5 Å². The third-order valence-electron chi connectivity index (χ3n) is 3.95. The molecule has 0 saturated heterocycles. The molecule has 0 aromatic carbocycles. The first-order valence-corrected chi connectivity index (χ1v) is 6.29. The topological polar surface area (TPSA) is 47.3 Å². The van der Waals surface area contributed by atoms with Crippen LogP contribution in [0.2, 0.25) is 0 Å². The van der Waals surface area contributed by atoms with E-state index >= 15 is 0 Å². The van der Waals surface area contributed by atoms with Crippen LogP contribution in [0.4, 0.5) is 0 Å². The standard InChI is InChI=1S/C12H24N2O/c1-15-12-6-11(7-12)14-8-9-3-2-4-10(13)5-9/h9-12,14H,2-8,13H2,1H3. The summed E-state index contributed by atoms with van der Waals surface area (Å²) < 4.78 is 5.27. The number of rotatable bonds is 4. The molecule has 3 nitrogen and oxygen atoms in total. The second-order valence-electron chi connectivity index (χ2n) is 5.23. The van der Waals surface area contributed by atoms with Crippen LogP contribution in [0.5, 0.6) is 0 Å². The van der Waals surface area contributed by atoms with E-state index in [1.54, 1.807) is 7.11 Å². The highest BCUT2D eigenvalue weighted by atomic mass is 16.5. The van der Waals surface area contributed by atoms with Crippen molar-refractivity contribution < 1.29 is 4.74 Å². The summed E-state index contributed by atoms with van der Waals surface area (Å²) in [6, 6.07) is 1.16. The fourth-order valence-electron chi connectivity index (χ4n) is 2.78. The molecule has 2 aliphatic rings. The smallest absolute Gasteiger partial charge is 0.0601 e. The minimum Gasteiger partial charge on any atom is -0.381 e. The highest BCUT2D eigenvalue weighted by molar-refractivity contribution is 4.87. The molecule has 2 atom stereocenters. The van der Waals surface area contributed by atoms with Crippen LogP contribution in [0.15, 0.2) is 0 Å². The summed E-state index contributed by atoms with van der Waals surface area (Å²) in [4.78, 5) is 0. The third-order valence-corrected chi connectivity index (χ3v) is 3.95. The lowest BCUT2D eigenvalue weighted by molar-refractivity contribution is 0.0159. The Morgan fingerprint density at radius 3 is 2.73 bits per heavy atom. The molecule has 3 heteroatoms. The molecule has 2 saturated carbocycles. The summed E-state index contributed by atoms with van der Waals surface area (Å²) in [5.74, 6) is 0.815. The molecule has 0 amide bonds. The Hall–Kier alpha value is -0.120. The van der Waals surface area contributed by atoms with Crippen LogP contribution in [0, 0.1) is 5.92 Å². The number of ether oxygens (including phenoxy) is 1. The molecule has 3 N–H and O–H groups in total. The number of hydrogen-bond donors (Lipinski definition) is 2. The van der Waals surface area contributed by atoms with Crippen LogP contribution in [0.3, 0.4) is 0 Å². The molecule has 2 unspecified atom stereocenters. The van der Waals surface area contributed by atoms with Gasteiger partial charge in [-0.1, -0.05) is 6.42 Å². The Bertz CT molecular complexity index is 192. The van der Waals surface area contributed by atoms with Crippen molar-refractivity contribution in [3.05, 3.63) is 0 Å². The Morgan fingerprint density at radius 2 is 2.07 bits per heavy atom. The zero-order valence-corrected chi connectivity index (χ0v) is 9.74. The van der Waals surface area contributed by atoms with E-state index in [0.29, 0.717) is 18.2 Å². The third kappa shape index (κ3) is 3.16. The van der Waals surface area contributed by atoms with E-state index in [2.05, 4.69) is 5.32 Å². The normalized spacial score (nSPS) is 41.2. The number of methoxy groups -OCH3 is 1. The lowest BCUT2D eigenvalue weighted by Crippen LogP contribution is -2.47. The van der Waals surface area contributed by atoms with Crippen LogP contribution >= 0.6 is 0 Å². The van der Waals surface area contributed by atoms with Crippen molar-refractivity contribution in [3.63, 3.8) is 0 Å². The van der Waals surface area contributed by atoms with E-state index in [1.807, 2.05) is 0 Å². The molecule has 2 rings (SSSR count). The maximum Gasteiger partial charge on any atom is 0.0601 e. The second-order valence-corrected chi connectivity index (χ2v) is 5.23. The lowest BCUT2D eigenvalue weighted by Gasteiger charge is -2.36. The molecule has 0 radical (unpaired) electrons. The minimum atomic E-state index is 0.457. The largest absolute Gasteiger partial charge is 0.381 e. The molecule has 0 bridgehead atoms. The highest BCUT2D eigenvalue weighted by Crippen LogP contribution is 2.25. The Labute approximate surface area is 92.7 Å². The predicted molar refractivity (Wildman–Crippen MR) is 61.8 cm³/mol. The van der Waals surface area contributed by atoms with Gasteiger partial charge in [0.15, 0.2) is 0 Å². The van der Waals surface area contributed by atoms with Crippen molar-refractivity contribution in [2.24, 2.45) is 11.7 Å². The van der Waals surface area contributed by atoms with Crippen molar-refractivity contribution in [3.8, 4) is 0 Å². The van der Waals surface area contributed by atoms with E-state index in [9.17, 15) is 0 Å². The van der Waals surface area contributed by atoms with Crippen LogP contribution in [0.25, 0.3) is 0 Å². The fraction of sp³-hybridized carbons (Fsp3) is 1.00. The van der Waals surface area contributed by atoms with E-state index in [1.165, 1.54) is 38.5 Å². The molecule has 0 spiro atoms. The molecular formula is C12H24N2O. The van der Waals surface area contributed by atoms with Gasteiger partial charge in [0.1, 0.15) is 0 Å². The summed E-state index contributed by atoms with van der Waals surface area (Å²) in [5, 5.41) is 3.64. The van der Waals surface area contributed by atoms with Gasteiger partial charge < -0.3 is 15.8 Å². The maximum absolute atomic E-state index is 5.97. The molecule has 2 fully saturated rings. The van der Waals surface area contributed by atoms with Crippen LogP contribution in [-0.2, 0) is 4.74 Å². The number of nitrogens with one attached hydrogen (secondary N) is 1. The van der Waals surface area contributed by atoms with Crippen molar-refractivity contribution >= 4 is 0 Å². The monoisotopic (exact) mass is 212 g/mol. The Kier molecular flexibility index (Phi) is 4.00. The van der Waals surface area contributed by atoms with Gasteiger partial charge >= 0.3 is 0 Å². The fourth-order valence-corrected chi connectivity index (χ4v) is 2.78. The van der Waals surface area contributed by atoms with Crippen LogP contribution in [-0.4, -0.2) is 31.8 Å². The molecule has 0 aromatic rings. The van der Waals surface area contributed by atoms with Crippen LogP contribution in [0.1, 0.15) is 38.5 Å². The molecule has 0 heterocycles. The van der Waals surface area contributed by atoms with Gasteiger partial charge in [-0.05, 0) is 44.6 Å². The highest BCUT2D eigenvalue weighted by Gasteiger charge is 2.29. The summed E-state index contributed by atoms with van der Waals surface area (Å²) in [6.07, 6.45) is 8.01. The SMILES string of the molecule is COC1CC(NCC2CCCC(N)C2)C1. The summed E-state index contributed by atoms with van der Waals surface area (Å²) in [7, 11) is 1.81. The van der Waals surface area contributed by atoms with Gasteiger partial charge in [-0.25, -0.2) is 0 Å². The zero-order chi connectivity index (χ0) is 10.7. The number of nitrogens with two attached hydrogens (primary N) is 1. The maximum atomic E-state index is 5.97. The van der Waals surface area contributed by atoms with E-state index < -0.39 is 0 Å². The molecule has 2 aliphatic carbocycles. The lowest BCUT2D eigenvalue weighted by atomic mass is 9.84. The molecule has 0 aromatic heterocycles. The van der Waals surface area contributed by atoms with Gasteiger partial charge in [-0.2, -0.15) is 0 Å². The van der Waals surface area contributed by atoms with Crippen molar-refractivity contribution in [2.75, 3.05) is 13.7 Å². The second kappa shape index (κ2) is 5.28. The average molecular weight is 212 g/mol. The zero-order valence-electron chi connectivity index (χ0n) is 9.74.